The van der Waals surface area contributed by atoms with Crippen LogP contribution in [-0.2, 0) is 37.1 Å². The molecule has 1 aliphatic heterocycles. The summed E-state index contributed by atoms with van der Waals surface area (Å²) >= 11 is 1.57. The highest BCUT2D eigenvalue weighted by Crippen LogP contribution is 2.30. The first-order chi connectivity index (χ1) is 20.6. The predicted octanol–water partition coefficient (Wildman–Crippen LogP) is 3.85. The molecule has 2 fully saturated rings. The first-order valence-corrected chi connectivity index (χ1v) is 18.2. The Bertz CT molecular complexity index is 1400. The van der Waals surface area contributed by atoms with Crippen molar-refractivity contribution in [3.05, 3.63) is 40.9 Å². The van der Waals surface area contributed by atoms with Crippen molar-refractivity contribution in [1.82, 2.24) is 20.5 Å². The summed E-state index contributed by atoms with van der Waals surface area (Å²) in [6.07, 6.45) is 7.53. The van der Waals surface area contributed by atoms with E-state index >= 15 is 0 Å². The fourth-order valence-corrected chi connectivity index (χ4v) is 8.50. The van der Waals surface area contributed by atoms with Crippen molar-refractivity contribution >= 4 is 49.0 Å². The van der Waals surface area contributed by atoms with Crippen molar-refractivity contribution in [3.63, 3.8) is 0 Å². The van der Waals surface area contributed by atoms with Gasteiger partial charge in [-0.25, -0.2) is 13.4 Å². The molecule has 2 amide bonds. The van der Waals surface area contributed by atoms with Gasteiger partial charge in [-0.3, -0.25) is 19.3 Å². The second-order valence-electron chi connectivity index (χ2n) is 12.0. The lowest BCUT2D eigenvalue weighted by Crippen LogP contribution is -2.45. The fraction of sp³-hybridized carbons (Fsp3) is 0.625. The van der Waals surface area contributed by atoms with Gasteiger partial charge in [0.2, 0.25) is 11.8 Å². The number of amides is 2. The topological polar surface area (TPSA) is 126 Å². The van der Waals surface area contributed by atoms with Gasteiger partial charge in [-0.1, -0.05) is 38.8 Å². The van der Waals surface area contributed by atoms with E-state index in [2.05, 4.69) is 36.3 Å². The Morgan fingerprint density at radius 1 is 1.14 bits per heavy atom. The van der Waals surface area contributed by atoms with Crippen LogP contribution in [0.1, 0.15) is 68.9 Å². The van der Waals surface area contributed by atoms with Gasteiger partial charge in [-0.2, -0.15) is 0 Å². The van der Waals surface area contributed by atoms with Crippen molar-refractivity contribution in [3.8, 4) is 0 Å². The smallest absolute Gasteiger partial charge is 0.224 e. The van der Waals surface area contributed by atoms with Crippen molar-refractivity contribution < 1.29 is 22.8 Å². The van der Waals surface area contributed by atoms with E-state index in [1.165, 1.54) is 12.0 Å². The monoisotopic (exact) mass is 630 g/mol. The molecule has 11 heteroatoms. The number of rotatable bonds is 14. The molecule has 1 aliphatic carbocycles. The van der Waals surface area contributed by atoms with Crippen molar-refractivity contribution in [2.45, 2.75) is 77.2 Å². The molecule has 1 aromatic heterocycles. The van der Waals surface area contributed by atoms with E-state index in [9.17, 15) is 22.8 Å². The highest BCUT2D eigenvalue weighted by molar-refractivity contribution is 7.91. The Morgan fingerprint density at radius 3 is 2.53 bits per heavy atom. The fourth-order valence-electron chi connectivity index (χ4n) is 6.11. The Balaban J connectivity index is 1.42. The second kappa shape index (κ2) is 15.4. The summed E-state index contributed by atoms with van der Waals surface area (Å²) in [5.74, 6) is -0.489. The summed E-state index contributed by atoms with van der Waals surface area (Å²) in [5.41, 5.74) is 2.62. The van der Waals surface area contributed by atoms with Crippen LogP contribution in [0.5, 0.6) is 0 Å². The number of thiazole rings is 1. The highest BCUT2D eigenvalue weighted by Gasteiger charge is 2.31. The third kappa shape index (κ3) is 9.68. The maximum Gasteiger partial charge on any atom is 0.224 e. The van der Waals surface area contributed by atoms with Crippen molar-refractivity contribution in [2.24, 2.45) is 11.8 Å². The van der Waals surface area contributed by atoms with Crippen LogP contribution in [0.15, 0.2) is 30.4 Å². The largest absolute Gasteiger partial charge is 0.359 e. The molecular weight excluding hydrogens is 585 g/mol. The van der Waals surface area contributed by atoms with E-state index in [0.717, 1.165) is 47.3 Å². The average molecular weight is 631 g/mol. The van der Waals surface area contributed by atoms with Gasteiger partial charge in [0, 0.05) is 57.6 Å². The second-order valence-corrected chi connectivity index (χ2v) is 15.5. The quantitative estimate of drug-likeness (QED) is 0.304. The minimum atomic E-state index is -2.99. The number of ketones is 1. The number of sulfone groups is 1. The number of aryl methyl sites for hydroxylation is 1. The van der Waals surface area contributed by atoms with E-state index in [1.807, 2.05) is 11.0 Å². The molecule has 2 N–H and O–H groups in total. The molecule has 43 heavy (non-hydrogen) atoms. The summed E-state index contributed by atoms with van der Waals surface area (Å²) in [6, 6.07) is 6.06. The zero-order valence-corrected chi connectivity index (χ0v) is 27.2. The molecule has 0 bridgehead atoms. The summed E-state index contributed by atoms with van der Waals surface area (Å²) < 4.78 is 24.6. The SMILES string of the molecule is C=C(CN1CCS(=O)(=O)CC1)C(=O)CC[C@@H](NC(=O)[C@@H](CC(=O)NC)Cc1nc2ccc(CC)cc2s1)C1CCCCC1. The van der Waals surface area contributed by atoms with Crippen LogP contribution in [0.25, 0.3) is 10.2 Å². The number of nitrogens with zero attached hydrogens (tertiary/aromatic N) is 2. The number of fused-ring (bicyclic) bond motifs is 1. The van der Waals surface area contributed by atoms with Crippen LogP contribution in [0, 0.1) is 11.8 Å². The van der Waals surface area contributed by atoms with E-state index in [1.54, 1.807) is 18.4 Å². The van der Waals surface area contributed by atoms with Crippen LogP contribution in [-0.4, -0.2) is 80.1 Å². The third-order valence-electron chi connectivity index (χ3n) is 8.88. The molecular formula is C32H46N4O5S2. The minimum Gasteiger partial charge on any atom is -0.359 e. The maximum absolute atomic E-state index is 13.8. The van der Waals surface area contributed by atoms with Crippen LogP contribution in [0.3, 0.4) is 0 Å². The summed E-state index contributed by atoms with van der Waals surface area (Å²) in [7, 11) is -1.41. The van der Waals surface area contributed by atoms with E-state index in [-0.39, 0.29) is 53.9 Å². The van der Waals surface area contributed by atoms with Gasteiger partial charge >= 0.3 is 0 Å². The molecule has 0 spiro atoms. The van der Waals surface area contributed by atoms with Crippen LogP contribution >= 0.6 is 11.3 Å². The number of Topliss-reactive ketones (excluding diaryl/α,β-unsaturated/α-hetero) is 1. The maximum atomic E-state index is 13.8. The number of aromatic nitrogens is 1. The van der Waals surface area contributed by atoms with Gasteiger partial charge in [0.1, 0.15) is 0 Å². The summed E-state index contributed by atoms with van der Waals surface area (Å²) in [4.78, 5) is 46.1. The van der Waals surface area contributed by atoms with Gasteiger partial charge in [-0.15, -0.1) is 11.3 Å². The Hall–Kier alpha value is -2.63. The minimum absolute atomic E-state index is 0.0497. The average Bonchev–Trinajstić information content (AvgIpc) is 3.41. The standard InChI is InChI=1S/C32H46N4O5S2/c1-4-23-10-11-27-29(18-23)42-31(34-27)20-25(19-30(38)33-3)32(39)35-26(24-8-6-5-7-9-24)12-13-28(37)22(2)21-36-14-16-43(40,41)17-15-36/h10-11,18,24-26H,2,4-9,12-17,19-21H2,1,3H3,(H,33,38)(H,35,39)/t25-,26+/m0/s1. The lowest BCUT2D eigenvalue weighted by atomic mass is 9.81. The molecule has 4 rings (SSSR count). The molecule has 0 unspecified atom stereocenters. The molecule has 2 aliphatic rings. The molecule has 2 atom stereocenters. The number of carbonyl (C=O) groups is 3. The van der Waals surface area contributed by atoms with Crippen molar-refractivity contribution in [2.75, 3.05) is 38.2 Å². The number of nitrogens with one attached hydrogen (secondary N) is 2. The molecule has 1 saturated heterocycles. The van der Waals surface area contributed by atoms with Gasteiger partial charge in [0.05, 0.1) is 32.6 Å². The molecule has 1 saturated carbocycles. The molecule has 9 nitrogen and oxygen atoms in total. The van der Waals surface area contributed by atoms with E-state index in [0.29, 0.717) is 38.0 Å². The lowest BCUT2D eigenvalue weighted by Gasteiger charge is -2.32. The zero-order valence-electron chi connectivity index (χ0n) is 25.5. The van der Waals surface area contributed by atoms with Gasteiger partial charge in [0.25, 0.3) is 0 Å². The first kappa shape index (κ1) is 33.3. The Morgan fingerprint density at radius 2 is 1.86 bits per heavy atom. The summed E-state index contributed by atoms with van der Waals surface area (Å²) in [5, 5.41) is 6.76. The number of benzene rings is 1. The lowest BCUT2D eigenvalue weighted by molar-refractivity contribution is -0.131. The van der Waals surface area contributed by atoms with Crippen molar-refractivity contribution in [1.29, 1.82) is 0 Å². The van der Waals surface area contributed by atoms with Crippen LogP contribution < -0.4 is 10.6 Å². The molecule has 0 radical (unpaired) electrons. The van der Waals surface area contributed by atoms with Gasteiger partial charge in [-0.05, 0) is 49.3 Å². The number of hydrogen-bond acceptors (Lipinski definition) is 8. The van der Waals surface area contributed by atoms with Gasteiger partial charge in [0.15, 0.2) is 15.6 Å². The van der Waals surface area contributed by atoms with E-state index in [4.69, 9.17) is 4.98 Å². The zero-order chi connectivity index (χ0) is 31.0. The van der Waals surface area contributed by atoms with Crippen LogP contribution in [0.2, 0.25) is 0 Å². The van der Waals surface area contributed by atoms with Gasteiger partial charge < -0.3 is 10.6 Å². The normalized spacial score (nSPS) is 19.0. The predicted molar refractivity (Wildman–Crippen MR) is 172 cm³/mol. The molecule has 1 aromatic carbocycles. The van der Waals surface area contributed by atoms with E-state index < -0.39 is 15.8 Å². The third-order valence-corrected chi connectivity index (χ3v) is 11.5. The number of carbonyl (C=O) groups excluding carboxylic acids is 3. The van der Waals surface area contributed by atoms with Crippen LogP contribution in [0.4, 0.5) is 0 Å². The molecule has 2 aromatic rings. The number of hydrogen-bond donors (Lipinski definition) is 2. The summed E-state index contributed by atoms with van der Waals surface area (Å²) in [6.45, 7) is 7.31. The highest BCUT2D eigenvalue weighted by atomic mass is 32.2. The molecule has 236 valence electrons. The first-order valence-electron chi connectivity index (χ1n) is 15.6. The molecule has 2 heterocycles. The Labute approximate surface area is 259 Å². The Kier molecular flexibility index (Phi) is 11.9.